The van der Waals surface area contributed by atoms with Gasteiger partial charge in [0.15, 0.2) is 5.16 Å². The molecule has 12 heavy (non-hydrogen) atoms. The van der Waals surface area contributed by atoms with E-state index in [-0.39, 0.29) is 11.8 Å². The van der Waals surface area contributed by atoms with E-state index in [1.165, 1.54) is 0 Å². The summed E-state index contributed by atoms with van der Waals surface area (Å²) in [6.45, 7) is 1.93. The Morgan fingerprint density at radius 3 is 3.17 bits per heavy atom. The summed E-state index contributed by atoms with van der Waals surface area (Å²) in [7, 11) is 0. The molecule has 0 spiro atoms. The van der Waals surface area contributed by atoms with Gasteiger partial charge in [0.1, 0.15) is 0 Å². The molecule has 0 aromatic carbocycles. The van der Waals surface area contributed by atoms with Crippen molar-refractivity contribution in [3.05, 3.63) is 12.4 Å². The molecule has 4 N–H and O–H groups in total. The number of amidine groups is 1. The van der Waals surface area contributed by atoms with Crippen LogP contribution in [0.3, 0.4) is 0 Å². The molecule has 0 amide bonds. The lowest BCUT2D eigenvalue weighted by Gasteiger charge is -2.06. The van der Waals surface area contributed by atoms with Gasteiger partial charge in [-0.1, -0.05) is 18.7 Å². The van der Waals surface area contributed by atoms with E-state index < -0.39 is 0 Å². The van der Waals surface area contributed by atoms with Crippen molar-refractivity contribution in [1.29, 1.82) is 5.41 Å². The Labute approximate surface area is 75.5 Å². The fraction of sp³-hybridized carbons (Fsp3) is 0.429. The summed E-state index contributed by atoms with van der Waals surface area (Å²) in [6, 6.07) is 0. The fourth-order valence-electron chi connectivity index (χ4n) is 0.623. The highest BCUT2D eigenvalue weighted by atomic mass is 32.2. The van der Waals surface area contributed by atoms with E-state index in [0.29, 0.717) is 0 Å². The van der Waals surface area contributed by atoms with Crippen molar-refractivity contribution in [3.63, 3.8) is 0 Å². The third-order valence-corrected chi connectivity index (χ3v) is 2.64. The van der Waals surface area contributed by atoms with Gasteiger partial charge in [-0.3, -0.25) is 5.41 Å². The van der Waals surface area contributed by atoms with Crippen molar-refractivity contribution in [3.8, 4) is 0 Å². The number of thioether (sulfide) groups is 1. The summed E-state index contributed by atoms with van der Waals surface area (Å²) in [4.78, 5) is 7.02. The summed E-state index contributed by atoms with van der Waals surface area (Å²) in [5.41, 5.74) is 5.31. The number of hydrogen-bond donors (Lipinski definition) is 3. The number of nitrogens with zero attached hydrogens (tertiary/aromatic N) is 1. The number of aromatic nitrogens is 2. The van der Waals surface area contributed by atoms with Gasteiger partial charge >= 0.3 is 0 Å². The minimum atomic E-state index is 0.111. The van der Waals surface area contributed by atoms with Gasteiger partial charge in [0.05, 0.1) is 5.84 Å². The number of nitrogens with two attached hydrogens (primary N) is 1. The molecule has 1 aromatic heterocycles. The number of nitrogens with one attached hydrogen (secondary N) is 2. The molecule has 0 aliphatic rings. The van der Waals surface area contributed by atoms with Crippen LogP contribution >= 0.6 is 11.8 Å². The summed E-state index contributed by atoms with van der Waals surface area (Å²) in [6.07, 6.45) is 3.49. The number of rotatable bonds is 4. The second-order valence-electron chi connectivity index (χ2n) is 2.56. The summed E-state index contributed by atoms with van der Waals surface area (Å²) >= 11 is 1.58. The first kappa shape index (κ1) is 9.12. The Hall–Kier alpha value is -0.970. The van der Waals surface area contributed by atoms with Gasteiger partial charge in [0, 0.05) is 24.1 Å². The van der Waals surface area contributed by atoms with Crippen LogP contribution in [-0.4, -0.2) is 21.6 Å². The van der Waals surface area contributed by atoms with Crippen LogP contribution in [0.1, 0.15) is 6.92 Å². The van der Waals surface area contributed by atoms with Gasteiger partial charge in [-0.25, -0.2) is 4.98 Å². The van der Waals surface area contributed by atoms with Crippen LogP contribution in [0.15, 0.2) is 17.6 Å². The molecule has 5 heteroatoms. The number of hydrogen-bond acceptors (Lipinski definition) is 3. The monoisotopic (exact) mass is 184 g/mol. The zero-order chi connectivity index (χ0) is 8.97. The maximum atomic E-state index is 7.16. The number of aromatic amines is 1. The van der Waals surface area contributed by atoms with Crippen LogP contribution in [0.4, 0.5) is 0 Å². The molecule has 0 aliphatic heterocycles. The van der Waals surface area contributed by atoms with E-state index >= 15 is 0 Å². The third-order valence-electron chi connectivity index (χ3n) is 1.47. The second kappa shape index (κ2) is 4.15. The van der Waals surface area contributed by atoms with Crippen LogP contribution in [0.25, 0.3) is 0 Å². The molecule has 1 aromatic rings. The first-order chi connectivity index (χ1) is 5.70. The zero-order valence-electron chi connectivity index (χ0n) is 6.87. The molecule has 4 nitrogen and oxygen atoms in total. The molecule has 0 aliphatic carbocycles. The minimum absolute atomic E-state index is 0.111. The number of H-pyrrole nitrogens is 1. The first-order valence-electron chi connectivity index (χ1n) is 3.66. The molecule has 0 radical (unpaired) electrons. The van der Waals surface area contributed by atoms with Crippen LogP contribution in [0.2, 0.25) is 0 Å². The average molecular weight is 184 g/mol. The molecular weight excluding hydrogens is 172 g/mol. The maximum absolute atomic E-state index is 7.16. The van der Waals surface area contributed by atoms with Crippen molar-refractivity contribution in [2.45, 2.75) is 12.1 Å². The van der Waals surface area contributed by atoms with E-state index in [1.54, 1.807) is 24.2 Å². The Kier molecular flexibility index (Phi) is 3.16. The third kappa shape index (κ3) is 2.58. The Morgan fingerprint density at radius 2 is 2.67 bits per heavy atom. The second-order valence-corrected chi connectivity index (χ2v) is 3.57. The topological polar surface area (TPSA) is 78.5 Å². The van der Waals surface area contributed by atoms with E-state index in [9.17, 15) is 0 Å². The lowest BCUT2D eigenvalue weighted by molar-refractivity contribution is 0.875. The highest BCUT2D eigenvalue weighted by Gasteiger charge is 2.06. The van der Waals surface area contributed by atoms with E-state index in [4.69, 9.17) is 11.1 Å². The Bertz CT molecular complexity index is 244. The molecule has 0 fully saturated rings. The summed E-state index contributed by atoms with van der Waals surface area (Å²) < 4.78 is 0. The van der Waals surface area contributed by atoms with Gasteiger partial charge < -0.3 is 10.7 Å². The molecule has 66 valence electrons. The molecule has 0 saturated carbocycles. The Balaban J connectivity index is 2.31. The average Bonchev–Trinajstić information content (AvgIpc) is 2.51. The van der Waals surface area contributed by atoms with Crippen molar-refractivity contribution in [1.82, 2.24) is 9.97 Å². The van der Waals surface area contributed by atoms with Gasteiger partial charge in [-0.15, -0.1) is 0 Å². The van der Waals surface area contributed by atoms with E-state index in [0.717, 1.165) is 10.9 Å². The van der Waals surface area contributed by atoms with Gasteiger partial charge in [0.25, 0.3) is 0 Å². The predicted molar refractivity (Wildman–Crippen MR) is 50.4 cm³/mol. The predicted octanol–water partition coefficient (Wildman–Crippen LogP) is 1.07. The standard InChI is InChI=1S/C7H12N4S/c1-5(6(8)9)4-12-7-10-2-3-11-7/h2-3,5H,4H2,1H3,(H3,8,9)(H,10,11). The fourth-order valence-corrected chi connectivity index (χ4v) is 1.50. The maximum Gasteiger partial charge on any atom is 0.165 e. The van der Waals surface area contributed by atoms with Crippen molar-refractivity contribution < 1.29 is 0 Å². The first-order valence-corrected chi connectivity index (χ1v) is 4.65. The van der Waals surface area contributed by atoms with Crippen LogP contribution < -0.4 is 5.73 Å². The van der Waals surface area contributed by atoms with Crippen LogP contribution in [0, 0.1) is 11.3 Å². The minimum Gasteiger partial charge on any atom is -0.387 e. The quantitative estimate of drug-likeness (QED) is 0.372. The van der Waals surface area contributed by atoms with Gasteiger partial charge in [-0.05, 0) is 0 Å². The molecule has 1 unspecified atom stereocenters. The normalized spacial score (nSPS) is 12.8. The highest BCUT2D eigenvalue weighted by molar-refractivity contribution is 7.99. The SMILES string of the molecule is CC(CSc1ncc[nH]1)C(=N)N. The highest BCUT2D eigenvalue weighted by Crippen LogP contribution is 2.15. The summed E-state index contributed by atoms with van der Waals surface area (Å²) in [5.74, 6) is 1.14. The largest absolute Gasteiger partial charge is 0.387 e. The molecule has 1 rings (SSSR count). The Morgan fingerprint density at radius 1 is 1.92 bits per heavy atom. The molecular formula is C7H12N4S. The van der Waals surface area contributed by atoms with Crippen LogP contribution in [0.5, 0.6) is 0 Å². The van der Waals surface area contributed by atoms with Gasteiger partial charge in [0.2, 0.25) is 0 Å². The zero-order valence-corrected chi connectivity index (χ0v) is 7.69. The molecule has 0 saturated heterocycles. The lowest BCUT2D eigenvalue weighted by atomic mass is 10.2. The van der Waals surface area contributed by atoms with Gasteiger partial charge in [-0.2, -0.15) is 0 Å². The van der Waals surface area contributed by atoms with Crippen molar-refractivity contribution >= 4 is 17.6 Å². The summed E-state index contributed by atoms with van der Waals surface area (Å²) in [5, 5.41) is 8.04. The van der Waals surface area contributed by atoms with E-state index in [1.807, 2.05) is 6.92 Å². The molecule has 0 bridgehead atoms. The lowest BCUT2D eigenvalue weighted by Crippen LogP contribution is -2.21. The smallest absolute Gasteiger partial charge is 0.165 e. The van der Waals surface area contributed by atoms with E-state index in [2.05, 4.69) is 9.97 Å². The number of imidazole rings is 1. The van der Waals surface area contributed by atoms with Crippen molar-refractivity contribution in [2.24, 2.45) is 11.7 Å². The molecule has 1 heterocycles. The van der Waals surface area contributed by atoms with Crippen LogP contribution in [-0.2, 0) is 0 Å². The van der Waals surface area contributed by atoms with Crippen molar-refractivity contribution in [2.75, 3.05) is 5.75 Å². The molecule has 1 atom stereocenters.